The molecular formula is C11H21NO. The second-order valence-electron chi connectivity index (χ2n) is 4.39. The summed E-state index contributed by atoms with van der Waals surface area (Å²) in [5.41, 5.74) is 0. The van der Waals surface area contributed by atoms with Gasteiger partial charge in [0.1, 0.15) is 5.78 Å². The Bertz CT molecular complexity index is 175. The summed E-state index contributed by atoms with van der Waals surface area (Å²) in [5, 5.41) is 3.21. The van der Waals surface area contributed by atoms with Crippen LogP contribution in [-0.2, 0) is 4.79 Å². The van der Waals surface area contributed by atoms with Gasteiger partial charge in [0.25, 0.3) is 0 Å². The predicted molar refractivity (Wildman–Crippen MR) is 54.6 cm³/mol. The molecule has 0 bridgehead atoms. The second-order valence-corrected chi connectivity index (χ2v) is 4.39. The molecule has 1 aliphatic rings. The Hall–Kier alpha value is -0.370. The van der Waals surface area contributed by atoms with Crippen molar-refractivity contribution in [3.8, 4) is 0 Å². The van der Waals surface area contributed by atoms with E-state index in [9.17, 15) is 4.79 Å². The van der Waals surface area contributed by atoms with Crippen LogP contribution in [0.2, 0.25) is 0 Å². The summed E-state index contributed by atoms with van der Waals surface area (Å²) in [7, 11) is 0. The minimum absolute atomic E-state index is 0.273. The molecule has 0 saturated carbocycles. The number of ketones is 1. The van der Waals surface area contributed by atoms with E-state index >= 15 is 0 Å². The summed E-state index contributed by atoms with van der Waals surface area (Å²) in [5.74, 6) is 1.90. The monoisotopic (exact) mass is 183 g/mol. The van der Waals surface area contributed by atoms with E-state index in [0.717, 1.165) is 25.9 Å². The predicted octanol–water partition coefficient (Wildman–Crippen LogP) is 1.85. The van der Waals surface area contributed by atoms with Crippen LogP contribution in [0.3, 0.4) is 0 Å². The van der Waals surface area contributed by atoms with Crippen LogP contribution >= 0.6 is 0 Å². The van der Waals surface area contributed by atoms with E-state index in [4.69, 9.17) is 0 Å². The molecule has 2 nitrogen and oxygen atoms in total. The van der Waals surface area contributed by atoms with Crippen LogP contribution in [0.15, 0.2) is 0 Å². The van der Waals surface area contributed by atoms with Gasteiger partial charge in [0.2, 0.25) is 0 Å². The van der Waals surface area contributed by atoms with E-state index in [-0.39, 0.29) is 5.92 Å². The van der Waals surface area contributed by atoms with Crippen LogP contribution in [0, 0.1) is 17.8 Å². The first-order valence-corrected chi connectivity index (χ1v) is 5.38. The molecular weight excluding hydrogens is 162 g/mol. The highest BCUT2D eigenvalue weighted by Gasteiger charge is 2.28. The Morgan fingerprint density at radius 2 is 2.08 bits per heavy atom. The Kier molecular flexibility index (Phi) is 3.91. The van der Waals surface area contributed by atoms with Gasteiger partial charge in [0, 0.05) is 12.3 Å². The maximum Gasteiger partial charge on any atom is 0.136 e. The van der Waals surface area contributed by atoms with Crippen molar-refractivity contribution in [3.63, 3.8) is 0 Å². The van der Waals surface area contributed by atoms with Gasteiger partial charge in [-0.3, -0.25) is 4.79 Å². The molecule has 2 atom stereocenters. The van der Waals surface area contributed by atoms with Crippen molar-refractivity contribution in [1.82, 2.24) is 5.32 Å². The molecule has 0 aliphatic carbocycles. The van der Waals surface area contributed by atoms with Crippen LogP contribution in [0.1, 0.15) is 33.6 Å². The van der Waals surface area contributed by atoms with E-state index in [1.807, 2.05) is 0 Å². The lowest BCUT2D eigenvalue weighted by Gasteiger charge is -2.32. The van der Waals surface area contributed by atoms with E-state index in [0.29, 0.717) is 17.6 Å². The summed E-state index contributed by atoms with van der Waals surface area (Å²) in [6, 6.07) is 0. The standard InChI is InChI=1S/C11H21NO/c1-4-8(2)5-11(13)9(3)10-6-12-7-10/h8-10,12H,4-7H2,1-3H3. The fourth-order valence-electron chi connectivity index (χ4n) is 1.60. The average molecular weight is 183 g/mol. The van der Waals surface area contributed by atoms with Crippen LogP contribution < -0.4 is 5.32 Å². The smallest absolute Gasteiger partial charge is 0.136 e. The number of Topliss-reactive ketones (excluding diaryl/α,β-unsaturated/α-hetero) is 1. The molecule has 1 aliphatic heterocycles. The fraction of sp³-hybridized carbons (Fsp3) is 0.909. The van der Waals surface area contributed by atoms with E-state index in [2.05, 4.69) is 26.1 Å². The van der Waals surface area contributed by atoms with Crippen LogP contribution in [0.5, 0.6) is 0 Å². The second kappa shape index (κ2) is 4.75. The van der Waals surface area contributed by atoms with Crippen LogP contribution in [0.25, 0.3) is 0 Å². The average Bonchev–Trinajstić information content (AvgIpc) is 2.00. The number of carbonyl (C=O) groups excluding carboxylic acids is 1. The summed E-state index contributed by atoms with van der Waals surface area (Å²) >= 11 is 0. The third kappa shape index (κ3) is 2.80. The fourth-order valence-corrected chi connectivity index (χ4v) is 1.60. The highest BCUT2D eigenvalue weighted by molar-refractivity contribution is 5.81. The summed E-state index contributed by atoms with van der Waals surface area (Å²) in [6.45, 7) is 8.45. The molecule has 76 valence electrons. The molecule has 13 heavy (non-hydrogen) atoms. The highest BCUT2D eigenvalue weighted by Crippen LogP contribution is 2.20. The van der Waals surface area contributed by atoms with Gasteiger partial charge in [-0.05, 0) is 24.9 Å². The third-order valence-electron chi connectivity index (χ3n) is 3.27. The first kappa shape index (κ1) is 10.7. The molecule has 1 fully saturated rings. The van der Waals surface area contributed by atoms with Crippen molar-refractivity contribution >= 4 is 5.78 Å². The summed E-state index contributed by atoms with van der Waals surface area (Å²) in [4.78, 5) is 11.7. The van der Waals surface area contributed by atoms with Crippen molar-refractivity contribution in [1.29, 1.82) is 0 Å². The van der Waals surface area contributed by atoms with Gasteiger partial charge >= 0.3 is 0 Å². The van der Waals surface area contributed by atoms with E-state index in [1.165, 1.54) is 0 Å². The van der Waals surface area contributed by atoms with Gasteiger partial charge < -0.3 is 5.32 Å². The Morgan fingerprint density at radius 1 is 1.46 bits per heavy atom. The number of nitrogens with one attached hydrogen (secondary N) is 1. The van der Waals surface area contributed by atoms with Crippen molar-refractivity contribution in [3.05, 3.63) is 0 Å². The van der Waals surface area contributed by atoms with Crippen LogP contribution in [0.4, 0.5) is 0 Å². The van der Waals surface area contributed by atoms with Crippen molar-refractivity contribution in [2.45, 2.75) is 33.6 Å². The summed E-state index contributed by atoms with van der Waals surface area (Å²) in [6.07, 6.45) is 1.88. The highest BCUT2D eigenvalue weighted by atomic mass is 16.1. The number of hydrogen-bond donors (Lipinski definition) is 1. The maximum absolute atomic E-state index is 11.7. The minimum Gasteiger partial charge on any atom is -0.316 e. The van der Waals surface area contributed by atoms with E-state index in [1.54, 1.807) is 0 Å². The molecule has 1 heterocycles. The number of hydrogen-bond acceptors (Lipinski definition) is 2. The molecule has 1 N–H and O–H groups in total. The lowest BCUT2D eigenvalue weighted by atomic mass is 9.83. The molecule has 0 amide bonds. The zero-order valence-electron chi connectivity index (χ0n) is 8.97. The largest absolute Gasteiger partial charge is 0.316 e. The molecule has 0 aromatic carbocycles. The molecule has 0 aromatic heterocycles. The first-order valence-electron chi connectivity index (χ1n) is 5.38. The Morgan fingerprint density at radius 3 is 2.46 bits per heavy atom. The molecule has 0 spiro atoms. The van der Waals surface area contributed by atoms with Gasteiger partial charge in [0.15, 0.2) is 0 Å². The van der Waals surface area contributed by atoms with Crippen molar-refractivity contribution in [2.75, 3.05) is 13.1 Å². The van der Waals surface area contributed by atoms with Gasteiger partial charge in [0.05, 0.1) is 0 Å². The molecule has 0 aromatic rings. The molecule has 2 unspecified atom stereocenters. The topological polar surface area (TPSA) is 29.1 Å². The number of rotatable bonds is 5. The van der Waals surface area contributed by atoms with Crippen molar-refractivity contribution in [2.24, 2.45) is 17.8 Å². The molecule has 2 heteroatoms. The lowest BCUT2D eigenvalue weighted by molar-refractivity contribution is -0.125. The van der Waals surface area contributed by atoms with Crippen molar-refractivity contribution < 1.29 is 4.79 Å². The minimum atomic E-state index is 0.273. The third-order valence-corrected chi connectivity index (χ3v) is 3.27. The first-order chi connectivity index (χ1) is 6.15. The van der Waals surface area contributed by atoms with E-state index < -0.39 is 0 Å². The Balaban J connectivity index is 2.28. The SMILES string of the molecule is CCC(C)CC(=O)C(C)C1CNC1. The lowest BCUT2D eigenvalue weighted by Crippen LogP contribution is -2.47. The zero-order valence-corrected chi connectivity index (χ0v) is 8.97. The maximum atomic E-state index is 11.7. The van der Waals surface area contributed by atoms with Gasteiger partial charge in [-0.25, -0.2) is 0 Å². The molecule has 1 saturated heterocycles. The number of carbonyl (C=O) groups is 1. The summed E-state index contributed by atoms with van der Waals surface area (Å²) < 4.78 is 0. The zero-order chi connectivity index (χ0) is 9.84. The van der Waals surface area contributed by atoms with Gasteiger partial charge in [-0.1, -0.05) is 27.2 Å². The normalized spacial score (nSPS) is 22.1. The quantitative estimate of drug-likeness (QED) is 0.704. The van der Waals surface area contributed by atoms with Gasteiger partial charge in [-0.15, -0.1) is 0 Å². The van der Waals surface area contributed by atoms with Crippen LogP contribution in [-0.4, -0.2) is 18.9 Å². The molecule has 0 radical (unpaired) electrons. The molecule has 1 rings (SSSR count). The Labute approximate surface area is 81.1 Å². The van der Waals surface area contributed by atoms with Gasteiger partial charge in [-0.2, -0.15) is 0 Å².